The summed E-state index contributed by atoms with van der Waals surface area (Å²) in [6.07, 6.45) is 1.05. The number of halogens is 2. The fraction of sp³-hybridized carbons (Fsp3) is 0.417. The molecule has 1 atom stereocenters. The maximum Gasteiger partial charge on any atom is 0.319 e. The Kier molecular flexibility index (Phi) is 6.25. The molecule has 1 aromatic rings. The van der Waals surface area contributed by atoms with E-state index < -0.39 is 0 Å². The number of aliphatic hydroxyl groups is 1. The maximum atomic E-state index is 11.5. The molecule has 0 saturated carbocycles. The lowest BCUT2D eigenvalue weighted by atomic mass is 10.2. The van der Waals surface area contributed by atoms with Crippen LogP contribution in [0.1, 0.15) is 19.8 Å². The number of aliphatic hydroxyl groups excluding tert-OH is 1. The minimum Gasteiger partial charge on any atom is -0.393 e. The molecule has 0 spiro atoms. The minimum atomic E-state index is -0.343. The first-order valence-electron chi connectivity index (χ1n) is 5.67. The molecule has 100 valence electrons. The molecule has 0 saturated heterocycles. The second-order valence-electron chi connectivity index (χ2n) is 4.00. The molecule has 0 heterocycles. The van der Waals surface area contributed by atoms with Crippen LogP contribution in [-0.4, -0.2) is 23.8 Å². The maximum absolute atomic E-state index is 11.5. The van der Waals surface area contributed by atoms with Crippen LogP contribution in [0.5, 0.6) is 0 Å². The molecule has 2 amide bonds. The highest BCUT2D eigenvalue weighted by molar-refractivity contribution is 6.42. The molecule has 0 aliphatic rings. The van der Waals surface area contributed by atoms with Gasteiger partial charge >= 0.3 is 6.03 Å². The van der Waals surface area contributed by atoms with Gasteiger partial charge in [-0.2, -0.15) is 0 Å². The summed E-state index contributed by atoms with van der Waals surface area (Å²) in [5.41, 5.74) is 0.581. The van der Waals surface area contributed by atoms with Crippen LogP contribution in [0.15, 0.2) is 18.2 Å². The van der Waals surface area contributed by atoms with Gasteiger partial charge in [0.1, 0.15) is 0 Å². The van der Waals surface area contributed by atoms with Crippen molar-refractivity contribution < 1.29 is 9.90 Å². The van der Waals surface area contributed by atoms with Gasteiger partial charge < -0.3 is 15.7 Å². The standard InChI is InChI=1S/C12H16Cl2N2O2/c1-8(17)3-2-6-15-12(18)16-9-4-5-10(13)11(14)7-9/h4-5,7-8,17H,2-3,6H2,1H3,(H2,15,16,18). The van der Waals surface area contributed by atoms with Crippen molar-refractivity contribution in [2.75, 3.05) is 11.9 Å². The van der Waals surface area contributed by atoms with Gasteiger partial charge in [-0.05, 0) is 38.0 Å². The Balaban J connectivity index is 2.33. The normalized spacial score (nSPS) is 12.0. The number of carbonyl (C=O) groups is 1. The highest BCUT2D eigenvalue weighted by atomic mass is 35.5. The average molecular weight is 291 g/mol. The van der Waals surface area contributed by atoms with Gasteiger partial charge in [0.2, 0.25) is 0 Å². The number of hydrogen-bond acceptors (Lipinski definition) is 2. The monoisotopic (exact) mass is 290 g/mol. The average Bonchev–Trinajstić information content (AvgIpc) is 2.29. The summed E-state index contributed by atoms with van der Waals surface area (Å²) in [4.78, 5) is 11.5. The first-order chi connectivity index (χ1) is 8.49. The van der Waals surface area contributed by atoms with E-state index in [0.717, 1.165) is 6.42 Å². The van der Waals surface area contributed by atoms with Crippen molar-refractivity contribution in [2.24, 2.45) is 0 Å². The third-order valence-electron chi connectivity index (χ3n) is 2.26. The lowest BCUT2D eigenvalue weighted by Crippen LogP contribution is -2.29. The fourth-order valence-corrected chi connectivity index (χ4v) is 1.65. The zero-order valence-corrected chi connectivity index (χ0v) is 11.6. The van der Waals surface area contributed by atoms with Crippen molar-refractivity contribution in [3.05, 3.63) is 28.2 Å². The van der Waals surface area contributed by atoms with Gasteiger partial charge in [0.25, 0.3) is 0 Å². The Labute approximate surface area is 116 Å². The summed E-state index contributed by atoms with van der Waals surface area (Å²) in [7, 11) is 0. The number of amides is 2. The number of urea groups is 1. The third kappa shape index (κ3) is 5.58. The predicted octanol–water partition coefficient (Wildman–Crippen LogP) is 3.28. The molecule has 0 aliphatic heterocycles. The van der Waals surface area contributed by atoms with Crippen molar-refractivity contribution in [1.29, 1.82) is 0 Å². The van der Waals surface area contributed by atoms with E-state index in [1.807, 2.05) is 0 Å². The quantitative estimate of drug-likeness (QED) is 0.729. The number of anilines is 1. The molecule has 6 heteroatoms. The van der Waals surface area contributed by atoms with Crippen LogP contribution in [0.25, 0.3) is 0 Å². The second kappa shape index (κ2) is 7.46. The van der Waals surface area contributed by atoms with E-state index in [1.54, 1.807) is 25.1 Å². The Bertz CT molecular complexity index is 411. The molecule has 18 heavy (non-hydrogen) atoms. The fourth-order valence-electron chi connectivity index (χ4n) is 1.35. The molecule has 0 radical (unpaired) electrons. The molecule has 1 aromatic carbocycles. The highest BCUT2D eigenvalue weighted by Gasteiger charge is 2.04. The summed E-state index contributed by atoms with van der Waals surface area (Å²) in [5.74, 6) is 0. The molecule has 0 aromatic heterocycles. The number of carbonyl (C=O) groups excluding carboxylic acids is 1. The van der Waals surface area contributed by atoms with Gasteiger partial charge in [0.15, 0.2) is 0 Å². The minimum absolute atomic E-state index is 0.306. The first kappa shape index (κ1) is 15.1. The van der Waals surface area contributed by atoms with Crippen LogP contribution >= 0.6 is 23.2 Å². The van der Waals surface area contributed by atoms with E-state index >= 15 is 0 Å². The third-order valence-corrected chi connectivity index (χ3v) is 3.00. The van der Waals surface area contributed by atoms with E-state index in [-0.39, 0.29) is 12.1 Å². The summed E-state index contributed by atoms with van der Waals surface area (Å²) < 4.78 is 0. The summed E-state index contributed by atoms with van der Waals surface area (Å²) in [5, 5.41) is 15.2. The topological polar surface area (TPSA) is 61.4 Å². The van der Waals surface area contributed by atoms with E-state index in [9.17, 15) is 4.79 Å². The van der Waals surface area contributed by atoms with Crippen LogP contribution in [0.4, 0.5) is 10.5 Å². The number of benzene rings is 1. The SMILES string of the molecule is CC(O)CCCNC(=O)Nc1ccc(Cl)c(Cl)c1. The second-order valence-corrected chi connectivity index (χ2v) is 4.82. The Morgan fingerprint density at radius 3 is 2.72 bits per heavy atom. The Hall–Kier alpha value is -0.970. The van der Waals surface area contributed by atoms with Gasteiger partial charge in [-0.3, -0.25) is 0 Å². The van der Waals surface area contributed by atoms with Gasteiger partial charge in [-0.15, -0.1) is 0 Å². The number of rotatable bonds is 5. The lowest BCUT2D eigenvalue weighted by molar-refractivity contribution is 0.181. The van der Waals surface area contributed by atoms with E-state index in [0.29, 0.717) is 28.7 Å². The molecular weight excluding hydrogens is 275 g/mol. The molecule has 1 rings (SSSR count). The van der Waals surface area contributed by atoms with Crippen molar-refractivity contribution >= 4 is 34.9 Å². The summed E-state index contributed by atoms with van der Waals surface area (Å²) in [6.45, 7) is 2.23. The highest BCUT2D eigenvalue weighted by Crippen LogP contribution is 2.24. The van der Waals surface area contributed by atoms with Crippen molar-refractivity contribution in [3.8, 4) is 0 Å². The van der Waals surface area contributed by atoms with Crippen LogP contribution in [0.3, 0.4) is 0 Å². The van der Waals surface area contributed by atoms with Crippen LogP contribution in [0, 0.1) is 0 Å². The van der Waals surface area contributed by atoms with Crippen molar-refractivity contribution in [3.63, 3.8) is 0 Å². The molecule has 4 nitrogen and oxygen atoms in total. The zero-order valence-electron chi connectivity index (χ0n) is 10.0. The zero-order chi connectivity index (χ0) is 13.5. The summed E-state index contributed by atoms with van der Waals surface area (Å²) >= 11 is 11.6. The molecular formula is C12H16Cl2N2O2. The largest absolute Gasteiger partial charge is 0.393 e. The smallest absolute Gasteiger partial charge is 0.319 e. The van der Waals surface area contributed by atoms with Crippen LogP contribution < -0.4 is 10.6 Å². The van der Waals surface area contributed by atoms with Crippen molar-refractivity contribution in [1.82, 2.24) is 5.32 Å². The van der Waals surface area contributed by atoms with Gasteiger partial charge in [0.05, 0.1) is 16.1 Å². The summed E-state index contributed by atoms with van der Waals surface area (Å²) in [6, 6.07) is 4.56. The lowest BCUT2D eigenvalue weighted by Gasteiger charge is -2.09. The molecule has 0 fully saturated rings. The van der Waals surface area contributed by atoms with Gasteiger partial charge in [-0.25, -0.2) is 4.79 Å². The Morgan fingerprint density at radius 2 is 2.11 bits per heavy atom. The van der Waals surface area contributed by atoms with Crippen LogP contribution in [-0.2, 0) is 0 Å². The predicted molar refractivity (Wildman–Crippen MR) is 74.4 cm³/mol. The van der Waals surface area contributed by atoms with Gasteiger partial charge in [0, 0.05) is 12.2 Å². The van der Waals surface area contributed by atoms with E-state index in [2.05, 4.69) is 10.6 Å². The number of hydrogen-bond donors (Lipinski definition) is 3. The first-order valence-corrected chi connectivity index (χ1v) is 6.42. The molecule has 0 aliphatic carbocycles. The number of nitrogens with one attached hydrogen (secondary N) is 2. The Morgan fingerprint density at radius 1 is 1.39 bits per heavy atom. The van der Waals surface area contributed by atoms with Crippen molar-refractivity contribution in [2.45, 2.75) is 25.9 Å². The molecule has 3 N–H and O–H groups in total. The molecule has 0 bridgehead atoms. The van der Waals surface area contributed by atoms with E-state index in [4.69, 9.17) is 28.3 Å². The van der Waals surface area contributed by atoms with E-state index in [1.165, 1.54) is 0 Å². The van der Waals surface area contributed by atoms with Gasteiger partial charge in [-0.1, -0.05) is 23.2 Å². The van der Waals surface area contributed by atoms with Crippen LogP contribution in [0.2, 0.25) is 10.0 Å². The molecule has 1 unspecified atom stereocenters.